The van der Waals surface area contributed by atoms with Gasteiger partial charge in [0.2, 0.25) is 0 Å². The quantitative estimate of drug-likeness (QED) is 0.888. The zero-order valence-electron chi connectivity index (χ0n) is 11.2. The van der Waals surface area contributed by atoms with Crippen molar-refractivity contribution in [1.82, 2.24) is 0 Å². The number of carboxylic acid groups (broad SMARTS) is 1. The SMILES string of the molecule is COc1cccc(NC2(C(=O)O)CCCSC2C)c1. The van der Waals surface area contributed by atoms with E-state index in [4.69, 9.17) is 4.74 Å². The highest BCUT2D eigenvalue weighted by atomic mass is 32.2. The molecule has 2 N–H and O–H groups in total. The van der Waals surface area contributed by atoms with Crippen molar-refractivity contribution in [1.29, 1.82) is 0 Å². The molecule has 1 heterocycles. The molecule has 0 amide bonds. The minimum Gasteiger partial charge on any atom is -0.497 e. The summed E-state index contributed by atoms with van der Waals surface area (Å²) in [6.07, 6.45) is 1.56. The normalized spacial score (nSPS) is 26.7. The van der Waals surface area contributed by atoms with Crippen molar-refractivity contribution in [3.8, 4) is 5.75 Å². The summed E-state index contributed by atoms with van der Waals surface area (Å²) < 4.78 is 5.17. The Kier molecular flexibility index (Phi) is 4.24. The summed E-state index contributed by atoms with van der Waals surface area (Å²) >= 11 is 1.71. The summed E-state index contributed by atoms with van der Waals surface area (Å²) in [6, 6.07) is 7.41. The predicted molar refractivity (Wildman–Crippen MR) is 78.1 cm³/mol. The van der Waals surface area contributed by atoms with Crippen LogP contribution >= 0.6 is 11.8 Å². The van der Waals surface area contributed by atoms with Gasteiger partial charge in [0.05, 0.1) is 7.11 Å². The van der Waals surface area contributed by atoms with Gasteiger partial charge in [-0.25, -0.2) is 4.79 Å². The minimum atomic E-state index is -0.894. The third-order valence-electron chi connectivity index (χ3n) is 3.60. The molecule has 1 aromatic rings. The lowest BCUT2D eigenvalue weighted by molar-refractivity contribution is -0.142. The molecule has 104 valence electrons. The highest BCUT2D eigenvalue weighted by molar-refractivity contribution is 8.00. The first kappa shape index (κ1) is 14.1. The summed E-state index contributed by atoms with van der Waals surface area (Å²) in [7, 11) is 1.60. The molecule has 0 saturated carbocycles. The van der Waals surface area contributed by atoms with Crippen molar-refractivity contribution < 1.29 is 14.6 Å². The van der Waals surface area contributed by atoms with E-state index in [1.165, 1.54) is 0 Å². The second-order valence-electron chi connectivity index (χ2n) is 4.75. The van der Waals surface area contributed by atoms with Crippen LogP contribution in [0.2, 0.25) is 0 Å². The van der Waals surface area contributed by atoms with Crippen molar-refractivity contribution in [2.24, 2.45) is 0 Å². The smallest absolute Gasteiger partial charge is 0.330 e. The Balaban J connectivity index is 2.27. The summed E-state index contributed by atoms with van der Waals surface area (Å²) in [5, 5.41) is 12.9. The van der Waals surface area contributed by atoms with Gasteiger partial charge in [-0.1, -0.05) is 13.0 Å². The Labute approximate surface area is 117 Å². The molecule has 19 heavy (non-hydrogen) atoms. The molecule has 0 radical (unpaired) electrons. The number of methoxy groups -OCH3 is 1. The van der Waals surface area contributed by atoms with Crippen LogP contribution in [0.3, 0.4) is 0 Å². The molecule has 1 aliphatic rings. The van der Waals surface area contributed by atoms with Crippen LogP contribution in [-0.2, 0) is 4.79 Å². The summed E-state index contributed by atoms with van der Waals surface area (Å²) in [4.78, 5) is 11.7. The lowest BCUT2D eigenvalue weighted by Crippen LogP contribution is -2.55. The average molecular weight is 281 g/mol. The second-order valence-corrected chi connectivity index (χ2v) is 6.20. The average Bonchev–Trinajstić information content (AvgIpc) is 2.41. The van der Waals surface area contributed by atoms with Gasteiger partial charge in [-0.05, 0) is 30.7 Å². The van der Waals surface area contributed by atoms with E-state index in [-0.39, 0.29) is 5.25 Å². The molecule has 0 aliphatic carbocycles. The maximum Gasteiger partial charge on any atom is 0.330 e. The maximum absolute atomic E-state index is 11.7. The second kappa shape index (κ2) is 5.74. The molecule has 0 bridgehead atoms. The van der Waals surface area contributed by atoms with Crippen LogP contribution in [0.4, 0.5) is 5.69 Å². The third-order valence-corrected chi connectivity index (χ3v) is 5.02. The summed E-state index contributed by atoms with van der Waals surface area (Å²) in [5.74, 6) is 0.965. The molecule has 1 fully saturated rings. The Hall–Kier alpha value is -1.36. The lowest BCUT2D eigenvalue weighted by atomic mass is 9.89. The van der Waals surface area contributed by atoms with Crippen LogP contribution in [0, 0.1) is 0 Å². The zero-order chi connectivity index (χ0) is 13.9. The van der Waals surface area contributed by atoms with Gasteiger partial charge >= 0.3 is 5.97 Å². The van der Waals surface area contributed by atoms with Crippen molar-refractivity contribution in [3.63, 3.8) is 0 Å². The number of ether oxygens (including phenoxy) is 1. The monoisotopic (exact) mass is 281 g/mol. The number of rotatable bonds is 4. The zero-order valence-corrected chi connectivity index (χ0v) is 12.0. The van der Waals surface area contributed by atoms with Crippen molar-refractivity contribution in [3.05, 3.63) is 24.3 Å². The number of hydrogen-bond donors (Lipinski definition) is 2. The van der Waals surface area contributed by atoms with Gasteiger partial charge in [-0.15, -0.1) is 0 Å². The lowest BCUT2D eigenvalue weighted by Gasteiger charge is -2.39. The van der Waals surface area contributed by atoms with E-state index in [1.54, 1.807) is 18.9 Å². The number of benzene rings is 1. The van der Waals surface area contributed by atoms with Gasteiger partial charge in [-0.2, -0.15) is 11.8 Å². The largest absolute Gasteiger partial charge is 0.497 e. The molecule has 2 atom stereocenters. The number of carbonyl (C=O) groups is 1. The number of thioether (sulfide) groups is 1. The van der Waals surface area contributed by atoms with Crippen molar-refractivity contribution >= 4 is 23.4 Å². The van der Waals surface area contributed by atoms with Gasteiger partial charge in [0.25, 0.3) is 0 Å². The van der Waals surface area contributed by atoms with Crippen LogP contribution in [0.1, 0.15) is 19.8 Å². The number of aliphatic carboxylic acids is 1. The van der Waals surface area contributed by atoms with Gasteiger partial charge in [0.15, 0.2) is 0 Å². The minimum absolute atomic E-state index is 0.0324. The number of anilines is 1. The Bertz CT molecular complexity index is 466. The highest BCUT2D eigenvalue weighted by Crippen LogP contribution is 2.37. The van der Waals surface area contributed by atoms with Gasteiger partial charge in [-0.3, -0.25) is 0 Å². The topological polar surface area (TPSA) is 58.6 Å². The maximum atomic E-state index is 11.7. The fourth-order valence-corrected chi connectivity index (χ4v) is 3.64. The first-order chi connectivity index (χ1) is 9.08. The number of carboxylic acids is 1. The number of hydrogen-bond acceptors (Lipinski definition) is 4. The standard InChI is InChI=1S/C14H19NO3S/c1-10-14(13(16)17,7-4-8-19-10)15-11-5-3-6-12(9-11)18-2/h3,5-6,9-10,15H,4,7-8H2,1-2H3,(H,16,17). The summed E-state index contributed by atoms with van der Waals surface area (Å²) in [6.45, 7) is 1.98. The predicted octanol–water partition coefficient (Wildman–Crippen LogP) is 2.85. The Morgan fingerprint density at radius 3 is 3.00 bits per heavy atom. The van der Waals surface area contributed by atoms with Crippen molar-refractivity contribution in [2.75, 3.05) is 18.2 Å². The van der Waals surface area contributed by atoms with Crippen LogP contribution in [0.25, 0.3) is 0 Å². The van der Waals surface area contributed by atoms with E-state index < -0.39 is 11.5 Å². The van der Waals surface area contributed by atoms with E-state index in [0.29, 0.717) is 6.42 Å². The van der Waals surface area contributed by atoms with E-state index >= 15 is 0 Å². The third kappa shape index (κ3) is 2.81. The molecule has 1 aliphatic heterocycles. The van der Waals surface area contributed by atoms with Gasteiger partial charge in [0.1, 0.15) is 11.3 Å². The summed E-state index contributed by atoms with van der Waals surface area (Å²) in [5.41, 5.74) is -0.106. The molecule has 5 heteroatoms. The van der Waals surface area contributed by atoms with Crippen molar-refractivity contribution in [2.45, 2.75) is 30.6 Å². The first-order valence-corrected chi connectivity index (χ1v) is 7.40. The molecule has 4 nitrogen and oxygen atoms in total. The van der Waals surface area contributed by atoms with E-state index in [1.807, 2.05) is 31.2 Å². The van der Waals surface area contributed by atoms with Gasteiger partial charge in [0, 0.05) is 17.0 Å². The van der Waals surface area contributed by atoms with Crippen LogP contribution in [0.15, 0.2) is 24.3 Å². The Morgan fingerprint density at radius 1 is 1.58 bits per heavy atom. The molecule has 0 aromatic heterocycles. The molecule has 1 saturated heterocycles. The first-order valence-electron chi connectivity index (χ1n) is 6.36. The van der Waals surface area contributed by atoms with Crippen LogP contribution in [-0.4, -0.2) is 34.7 Å². The van der Waals surface area contributed by atoms with Gasteiger partial charge < -0.3 is 15.2 Å². The number of nitrogens with one attached hydrogen (secondary N) is 1. The fourth-order valence-electron chi connectivity index (χ4n) is 2.41. The molecule has 1 aromatic carbocycles. The van der Waals surface area contributed by atoms with E-state index in [9.17, 15) is 9.90 Å². The molecule has 2 unspecified atom stereocenters. The fraction of sp³-hybridized carbons (Fsp3) is 0.500. The highest BCUT2D eigenvalue weighted by Gasteiger charge is 2.45. The van der Waals surface area contributed by atoms with E-state index in [2.05, 4.69) is 5.32 Å². The molecule has 0 spiro atoms. The Morgan fingerprint density at radius 2 is 2.37 bits per heavy atom. The molecular weight excluding hydrogens is 262 g/mol. The molecule has 2 rings (SSSR count). The molecular formula is C14H19NO3S. The van der Waals surface area contributed by atoms with Crippen LogP contribution < -0.4 is 10.1 Å². The van der Waals surface area contributed by atoms with E-state index in [0.717, 1.165) is 23.6 Å². The van der Waals surface area contributed by atoms with Crippen LogP contribution in [0.5, 0.6) is 5.75 Å².